The first kappa shape index (κ1) is 15.8. The molecule has 0 radical (unpaired) electrons. The third-order valence-electron chi connectivity index (χ3n) is 6.35. The maximum Gasteiger partial charge on any atom is 0.0682 e. The van der Waals surface area contributed by atoms with Crippen LogP contribution in [0.15, 0.2) is 0 Å². The Morgan fingerprint density at radius 1 is 0.438 bits per heavy atom. The summed E-state index contributed by atoms with van der Waals surface area (Å²) in [6, 6.07) is 0. The molecule has 1 rings (SSSR count). The first-order valence-electron chi connectivity index (χ1n) is 6.29. The van der Waals surface area contributed by atoms with E-state index in [9.17, 15) is 0 Å². The molecule has 0 aliphatic carbocycles. The van der Waals surface area contributed by atoms with Crippen molar-refractivity contribution in [2.75, 3.05) is 13.3 Å². The summed E-state index contributed by atoms with van der Waals surface area (Å²) in [4.78, 5) is 0. The topological polar surface area (TPSA) is 0 Å². The molecule has 0 aromatic heterocycles. The van der Waals surface area contributed by atoms with Crippen LogP contribution >= 0.6 is 14.0 Å². The van der Waals surface area contributed by atoms with Crippen LogP contribution in [-0.4, -0.2) is 42.4 Å². The van der Waals surface area contributed by atoms with Crippen LogP contribution in [0.25, 0.3) is 0 Å². The maximum atomic E-state index is 2.77. The molecule has 96 valence electrons. The smallest absolute Gasteiger partial charge is 0.0682 e. The zero-order chi connectivity index (χ0) is 13.2. The van der Waals surface area contributed by atoms with E-state index < -0.39 is 29.0 Å². The van der Waals surface area contributed by atoms with Crippen molar-refractivity contribution in [2.24, 2.45) is 0 Å². The molecular weight excluding hydrogens is 294 g/mol. The van der Waals surface area contributed by atoms with Gasteiger partial charge in [-0.3, -0.25) is 0 Å². The third-order valence-corrected chi connectivity index (χ3v) is 121. The average molecular weight is 325 g/mol. The van der Waals surface area contributed by atoms with Crippen LogP contribution in [-0.2, 0) is 0 Å². The van der Waals surface area contributed by atoms with Crippen molar-refractivity contribution in [3.63, 3.8) is 0 Å². The van der Waals surface area contributed by atoms with Crippen molar-refractivity contribution in [2.45, 2.75) is 52.4 Å². The highest BCUT2D eigenvalue weighted by atomic mass is 31.8. The van der Waals surface area contributed by atoms with Gasteiger partial charge in [0.05, 0.1) is 29.0 Å². The SMILES string of the molecule is CP1[Si](C)(C)[Si](C)(C)P(C)[Si](C)(C)[Si]1(C)C. The lowest BCUT2D eigenvalue weighted by Gasteiger charge is -2.65. The highest BCUT2D eigenvalue weighted by Gasteiger charge is 2.65. The van der Waals surface area contributed by atoms with E-state index in [2.05, 4.69) is 65.7 Å². The predicted octanol–water partition coefficient (Wildman–Crippen LogP) is 5.20. The van der Waals surface area contributed by atoms with Crippen LogP contribution in [0.3, 0.4) is 0 Å². The van der Waals surface area contributed by atoms with Crippen molar-refractivity contribution >= 4 is 43.1 Å². The molecule has 16 heavy (non-hydrogen) atoms. The molecule has 1 saturated heterocycles. The van der Waals surface area contributed by atoms with Gasteiger partial charge in [-0.15, -0.1) is 14.0 Å². The van der Waals surface area contributed by atoms with Gasteiger partial charge in [-0.05, 0) is 0 Å². The van der Waals surface area contributed by atoms with Crippen LogP contribution in [0, 0.1) is 0 Å². The second kappa shape index (κ2) is 4.11. The first-order chi connectivity index (χ1) is 6.81. The van der Waals surface area contributed by atoms with Gasteiger partial charge in [0.1, 0.15) is 0 Å². The minimum absolute atomic E-state index is 0.437. The number of rotatable bonds is 0. The molecule has 0 nitrogen and oxygen atoms in total. The molecule has 0 N–H and O–H groups in total. The standard InChI is InChI=1S/C10H30P2Si4/c1-11-13(3,4)15(7,8)12(2)16(9,10)14(11,5)6/h1-10H3. The lowest BCUT2D eigenvalue weighted by molar-refractivity contribution is 1.86. The fraction of sp³-hybridized carbons (Fsp3) is 1.00. The Hall–Kier alpha value is 1.73. The summed E-state index contributed by atoms with van der Waals surface area (Å²) in [5, 5.41) is 0. The van der Waals surface area contributed by atoms with Crippen LogP contribution in [0.5, 0.6) is 0 Å². The average Bonchev–Trinajstić information content (AvgIpc) is 2.13. The monoisotopic (exact) mass is 324 g/mol. The van der Waals surface area contributed by atoms with Gasteiger partial charge < -0.3 is 0 Å². The van der Waals surface area contributed by atoms with E-state index in [-0.39, 0.29) is 0 Å². The zero-order valence-corrected chi connectivity index (χ0v) is 18.7. The molecule has 0 bridgehead atoms. The van der Waals surface area contributed by atoms with Gasteiger partial charge in [-0.25, -0.2) is 0 Å². The van der Waals surface area contributed by atoms with Gasteiger partial charge in [0.25, 0.3) is 0 Å². The van der Waals surface area contributed by atoms with Crippen LogP contribution < -0.4 is 0 Å². The first-order valence-corrected chi connectivity index (χ1v) is 27.2. The van der Waals surface area contributed by atoms with E-state index in [1.807, 2.05) is 0 Å². The Morgan fingerprint density at radius 2 is 0.562 bits per heavy atom. The molecule has 1 heterocycles. The molecule has 6 heteroatoms. The van der Waals surface area contributed by atoms with Gasteiger partial charge >= 0.3 is 0 Å². The maximum absolute atomic E-state index is 2.77. The number of hydrogen-bond donors (Lipinski definition) is 0. The summed E-state index contributed by atoms with van der Waals surface area (Å²) < 4.78 is 0. The van der Waals surface area contributed by atoms with E-state index in [0.717, 1.165) is 0 Å². The van der Waals surface area contributed by atoms with Crippen molar-refractivity contribution in [1.29, 1.82) is 0 Å². The van der Waals surface area contributed by atoms with Crippen molar-refractivity contribution < 1.29 is 0 Å². The lowest BCUT2D eigenvalue weighted by Crippen LogP contribution is -2.70. The highest BCUT2D eigenvalue weighted by molar-refractivity contribution is 8.52. The van der Waals surface area contributed by atoms with Gasteiger partial charge in [-0.1, -0.05) is 65.7 Å². The molecule has 1 aliphatic heterocycles. The molecule has 0 atom stereocenters. The van der Waals surface area contributed by atoms with Crippen molar-refractivity contribution in [3.8, 4) is 0 Å². The van der Waals surface area contributed by atoms with Crippen LogP contribution in [0.4, 0.5) is 0 Å². The largest absolute Gasteiger partial charge is 0.136 e. The van der Waals surface area contributed by atoms with Gasteiger partial charge in [0, 0.05) is 0 Å². The molecule has 0 unspecified atom stereocenters. The second-order valence-corrected chi connectivity index (χ2v) is 66.3. The fourth-order valence-electron chi connectivity index (χ4n) is 3.04. The normalized spacial score (nSPS) is 39.4. The summed E-state index contributed by atoms with van der Waals surface area (Å²) in [7, 11) is -2.65. The van der Waals surface area contributed by atoms with Gasteiger partial charge in [-0.2, -0.15) is 0 Å². The molecule has 0 aromatic rings. The Kier molecular flexibility index (Phi) is 4.05. The lowest BCUT2D eigenvalue weighted by atomic mass is 11.9. The Bertz CT molecular complexity index is 241. The van der Waals surface area contributed by atoms with Crippen LogP contribution in [0.2, 0.25) is 52.4 Å². The predicted molar refractivity (Wildman–Crippen MR) is 95.6 cm³/mol. The minimum atomic E-state index is -0.880. The van der Waals surface area contributed by atoms with Crippen molar-refractivity contribution in [1.82, 2.24) is 0 Å². The molecule has 0 amide bonds. The van der Waals surface area contributed by atoms with Crippen LogP contribution in [0.1, 0.15) is 0 Å². The Labute approximate surface area is 109 Å². The van der Waals surface area contributed by atoms with Crippen molar-refractivity contribution in [3.05, 3.63) is 0 Å². The van der Waals surface area contributed by atoms with E-state index in [0.29, 0.717) is 14.0 Å². The van der Waals surface area contributed by atoms with Gasteiger partial charge in [0.2, 0.25) is 0 Å². The summed E-state index contributed by atoms with van der Waals surface area (Å²) >= 11 is 0. The quantitative estimate of drug-likeness (QED) is 0.424. The summed E-state index contributed by atoms with van der Waals surface area (Å²) in [6.07, 6.45) is 0. The summed E-state index contributed by atoms with van der Waals surface area (Å²) in [5.74, 6) is 0. The minimum Gasteiger partial charge on any atom is -0.136 e. The molecule has 0 aromatic carbocycles. The molecule has 1 aliphatic rings. The Morgan fingerprint density at radius 3 is 0.688 bits per heavy atom. The molecule has 1 fully saturated rings. The van der Waals surface area contributed by atoms with E-state index in [4.69, 9.17) is 0 Å². The fourth-order valence-corrected chi connectivity index (χ4v) is 175. The molecule has 0 saturated carbocycles. The van der Waals surface area contributed by atoms with E-state index in [1.54, 1.807) is 0 Å². The van der Waals surface area contributed by atoms with E-state index >= 15 is 0 Å². The molecule has 0 spiro atoms. The number of hydrogen-bond acceptors (Lipinski definition) is 0. The zero-order valence-electron chi connectivity index (χ0n) is 12.9. The molecular formula is C10H30P2Si4. The Balaban J connectivity index is 3.39. The second-order valence-electron chi connectivity index (χ2n) is 7.35. The third kappa shape index (κ3) is 1.78. The summed E-state index contributed by atoms with van der Waals surface area (Å²) in [5.41, 5.74) is 0. The van der Waals surface area contributed by atoms with E-state index in [1.165, 1.54) is 0 Å². The van der Waals surface area contributed by atoms with Gasteiger partial charge in [0.15, 0.2) is 0 Å². The highest BCUT2D eigenvalue weighted by Crippen LogP contribution is 2.74. The summed E-state index contributed by atoms with van der Waals surface area (Å²) in [6.45, 7) is 27.6.